The van der Waals surface area contributed by atoms with Gasteiger partial charge in [-0.15, -0.1) is 0 Å². The number of ether oxygens (including phenoxy) is 2. The second-order valence-corrected chi connectivity index (χ2v) is 5.21. The number of benzene rings is 2. The third kappa shape index (κ3) is 3.65. The van der Waals surface area contributed by atoms with Crippen LogP contribution in [0.15, 0.2) is 59.8 Å². The van der Waals surface area contributed by atoms with Crippen molar-refractivity contribution in [2.24, 2.45) is 5.16 Å². The van der Waals surface area contributed by atoms with E-state index in [0.717, 1.165) is 5.56 Å². The Kier molecular flexibility index (Phi) is 4.96. The van der Waals surface area contributed by atoms with Gasteiger partial charge in [0.25, 0.3) is 0 Å². The van der Waals surface area contributed by atoms with Gasteiger partial charge in [0.1, 0.15) is 19.5 Å². The molecule has 1 atom stereocenters. The van der Waals surface area contributed by atoms with E-state index in [0.29, 0.717) is 18.0 Å². The summed E-state index contributed by atoms with van der Waals surface area (Å²) >= 11 is 0. The van der Waals surface area contributed by atoms with Crippen LogP contribution in [0, 0.1) is 0 Å². The topological polar surface area (TPSA) is 60.4 Å². The molecule has 0 fully saturated rings. The number of rotatable bonds is 4. The highest BCUT2D eigenvalue weighted by atomic mass is 16.6. The molecule has 0 spiro atoms. The van der Waals surface area contributed by atoms with Crippen LogP contribution < -0.4 is 9.64 Å². The van der Waals surface area contributed by atoms with Gasteiger partial charge in [-0.2, -0.15) is 0 Å². The third-order valence-corrected chi connectivity index (χ3v) is 3.55. The SMILES string of the molecule is CO/N=C/C1CN(C(=O)OCc2ccccc2)c2ccccc2O1. The minimum absolute atomic E-state index is 0.218. The Morgan fingerprint density at radius 3 is 2.79 bits per heavy atom. The first-order valence-corrected chi connectivity index (χ1v) is 7.58. The molecule has 0 saturated heterocycles. The van der Waals surface area contributed by atoms with Crippen LogP contribution in [-0.4, -0.2) is 32.1 Å². The quantitative estimate of drug-likeness (QED) is 0.639. The van der Waals surface area contributed by atoms with Gasteiger partial charge in [0, 0.05) is 0 Å². The molecule has 1 aliphatic rings. The highest BCUT2D eigenvalue weighted by molar-refractivity contribution is 5.91. The molecular formula is C18H18N2O4. The fraction of sp³-hybridized carbons (Fsp3) is 0.222. The van der Waals surface area contributed by atoms with Crippen LogP contribution >= 0.6 is 0 Å². The molecule has 1 aliphatic heterocycles. The molecule has 0 bridgehead atoms. The zero-order valence-corrected chi connectivity index (χ0v) is 13.3. The molecule has 24 heavy (non-hydrogen) atoms. The van der Waals surface area contributed by atoms with Crippen molar-refractivity contribution in [3.05, 3.63) is 60.2 Å². The minimum Gasteiger partial charge on any atom is -0.481 e. The lowest BCUT2D eigenvalue weighted by Gasteiger charge is -2.32. The maximum Gasteiger partial charge on any atom is 0.414 e. The summed E-state index contributed by atoms with van der Waals surface area (Å²) in [4.78, 5) is 18.8. The van der Waals surface area contributed by atoms with Gasteiger partial charge in [-0.1, -0.05) is 47.6 Å². The molecule has 0 N–H and O–H groups in total. The normalized spacial score (nSPS) is 16.4. The smallest absolute Gasteiger partial charge is 0.414 e. The molecule has 1 unspecified atom stereocenters. The van der Waals surface area contributed by atoms with Gasteiger partial charge in [0.15, 0.2) is 6.10 Å². The number of hydrogen-bond acceptors (Lipinski definition) is 5. The van der Waals surface area contributed by atoms with Crippen molar-refractivity contribution in [1.29, 1.82) is 0 Å². The zero-order valence-electron chi connectivity index (χ0n) is 13.3. The van der Waals surface area contributed by atoms with Crippen LogP contribution in [0.3, 0.4) is 0 Å². The summed E-state index contributed by atoms with van der Waals surface area (Å²) in [5, 5.41) is 3.73. The van der Waals surface area contributed by atoms with Crippen LogP contribution in [0.25, 0.3) is 0 Å². The molecule has 0 radical (unpaired) electrons. The van der Waals surface area contributed by atoms with E-state index in [1.165, 1.54) is 13.3 Å². The molecule has 2 aromatic carbocycles. The molecule has 2 aromatic rings. The first kappa shape index (κ1) is 15.9. The summed E-state index contributed by atoms with van der Waals surface area (Å²) < 4.78 is 11.2. The molecule has 0 saturated carbocycles. The molecule has 1 heterocycles. The second kappa shape index (κ2) is 7.50. The van der Waals surface area contributed by atoms with E-state index >= 15 is 0 Å². The van der Waals surface area contributed by atoms with Crippen molar-refractivity contribution >= 4 is 18.0 Å². The van der Waals surface area contributed by atoms with Gasteiger partial charge >= 0.3 is 6.09 Å². The standard InChI is InChI=1S/C18H18N2O4/c1-22-19-11-15-12-20(16-9-5-6-10-17(16)24-15)18(21)23-13-14-7-3-2-4-8-14/h2-11,15H,12-13H2,1H3/b19-11+. The van der Waals surface area contributed by atoms with Crippen LogP contribution in [0.1, 0.15) is 5.56 Å². The van der Waals surface area contributed by atoms with E-state index < -0.39 is 12.2 Å². The average molecular weight is 326 g/mol. The van der Waals surface area contributed by atoms with Crippen molar-refractivity contribution in [3.63, 3.8) is 0 Å². The fourth-order valence-electron chi connectivity index (χ4n) is 2.43. The maximum atomic E-state index is 12.5. The summed E-state index contributed by atoms with van der Waals surface area (Å²) in [5.74, 6) is 0.605. The number of nitrogens with zero attached hydrogens (tertiary/aromatic N) is 2. The second-order valence-electron chi connectivity index (χ2n) is 5.21. The number of para-hydroxylation sites is 2. The van der Waals surface area contributed by atoms with Crippen molar-refractivity contribution in [2.45, 2.75) is 12.7 Å². The Hall–Kier alpha value is -3.02. The van der Waals surface area contributed by atoms with Crippen molar-refractivity contribution in [2.75, 3.05) is 18.6 Å². The number of carbonyl (C=O) groups is 1. The molecule has 0 aromatic heterocycles. The predicted octanol–water partition coefficient (Wildman–Crippen LogP) is 3.22. The van der Waals surface area contributed by atoms with E-state index in [9.17, 15) is 4.79 Å². The molecular weight excluding hydrogens is 308 g/mol. The van der Waals surface area contributed by atoms with E-state index in [1.54, 1.807) is 11.0 Å². The number of amides is 1. The number of fused-ring (bicyclic) bond motifs is 1. The van der Waals surface area contributed by atoms with Gasteiger partial charge < -0.3 is 14.3 Å². The van der Waals surface area contributed by atoms with Gasteiger partial charge in [-0.05, 0) is 17.7 Å². The number of carbonyl (C=O) groups excluding carboxylic acids is 1. The summed E-state index contributed by atoms with van der Waals surface area (Å²) in [6.45, 7) is 0.521. The van der Waals surface area contributed by atoms with Crippen molar-refractivity contribution in [1.82, 2.24) is 0 Å². The molecule has 3 rings (SSSR count). The van der Waals surface area contributed by atoms with Crippen LogP contribution in [0.2, 0.25) is 0 Å². The first-order valence-electron chi connectivity index (χ1n) is 7.58. The van der Waals surface area contributed by atoms with E-state index in [4.69, 9.17) is 9.47 Å². The maximum absolute atomic E-state index is 12.5. The molecule has 0 aliphatic carbocycles. The van der Waals surface area contributed by atoms with Crippen LogP contribution in [0.5, 0.6) is 5.75 Å². The summed E-state index contributed by atoms with van der Waals surface area (Å²) in [7, 11) is 1.46. The lowest BCUT2D eigenvalue weighted by molar-refractivity contribution is 0.141. The predicted molar refractivity (Wildman–Crippen MR) is 90.3 cm³/mol. The summed E-state index contributed by atoms with van der Waals surface area (Å²) in [6, 6.07) is 16.9. The Balaban J connectivity index is 1.74. The number of hydrogen-bond donors (Lipinski definition) is 0. The number of oxime groups is 1. The van der Waals surface area contributed by atoms with Gasteiger partial charge in [-0.3, -0.25) is 4.90 Å². The van der Waals surface area contributed by atoms with Crippen LogP contribution in [0.4, 0.5) is 10.5 Å². The molecule has 6 heteroatoms. The monoisotopic (exact) mass is 326 g/mol. The highest BCUT2D eigenvalue weighted by Crippen LogP contribution is 2.33. The van der Waals surface area contributed by atoms with Gasteiger partial charge in [-0.25, -0.2) is 4.79 Å². The first-order chi connectivity index (χ1) is 11.8. The molecule has 6 nitrogen and oxygen atoms in total. The Morgan fingerprint density at radius 1 is 1.25 bits per heavy atom. The lowest BCUT2D eigenvalue weighted by Crippen LogP contribution is -2.44. The lowest BCUT2D eigenvalue weighted by atomic mass is 10.2. The molecule has 124 valence electrons. The number of anilines is 1. The van der Waals surface area contributed by atoms with Crippen LogP contribution in [-0.2, 0) is 16.2 Å². The largest absolute Gasteiger partial charge is 0.481 e. The van der Waals surface area contributed by atoms with Crippen molar-refractivity contribution in [3.8, 4) is 5.75 Å². The van der Waals surface area contributed by atoms with E-state index in [2.05, 4.69) is 9.99 Å². The van der Waals surface area contributed by atoms with Gasteiger partial charge in [0.2, 0.25) is 0 Å². The van der Waals surface area contributed by atoms with Gasteiger partial charge in [0.05, 0.1) is 18.4 Å². The Labute approximate surface area is 140 Å². The van der Waals surface area contributed by atoms with Crippen molar-refractivity contribution < 1.29 is 19.1 Å². The fourth-order valence-corrected chi connectivity index (χ4v) is 2.43. The Morgan fingerprint density at radius 2 is 2.00 bits per heavy atom. The molecule has 1 amide bonds. The third-order valence-electron chi connectivity index (χ3n) is 3.55. The summed E-state index contributed by atoms with van der Waals surface area (Å²) in [6.07, 6.45) is 0.697. The van der Waals surface area contributed by atoms with E-state index in [1.807, 2.05) is 48.5 Å². The average Bonchev–Trinajstić information content (AvgIpc) is 2.64. The zero-order chi connectivity index (χ0) is 16.8. The highest BCUT2D eigenvalue weighted by Gasteiger charge is 2.30. The van der Waals surface area contributed by atoms with E-state index in [-0.39, 0.29) is 6.61 Å². The minimum atomic E-state index is -0.426. The Bertz CT molecular complexity index is 718. The summed E-state index contributed by atoms with van der Waals surface area (Å²) in [5.41, 5.74) is 1.61.